The van der Waals surface area contributed by atoms with Crippen molar-refractivity contribution in [1.29, 1.82) is 0 Å². The highest BCUT2D eigenvalue weighted by atomic mass is 79.9. The summed E-state index contributed by atoms with van der Waals surface area (Å²) in [6.45, 7) is 2.09. The minimum absolute atomic E-state index is 0.274. The zero-order valence-electron chi connectivity index (χ0n) is 7.83. The highest BCUT2D eigenvalue weighted by Crippen LogP contribution is 2.29. The summed E-state index contributed by atoms with van der Waals surface area (Å²) in [5.41, 5.74) is 0. The van der Waals surface area contributed by atoms with Crippen LogP contribution in [0.5, 0.6) is 0 Å². The van der Waals surface area contributed by atoms with Crippen LogP contribution in [0.15, 0.2) is 15.9 Å². The second kappa shape index (κ2) is 4.43. The molecule has 2 heterocycles. The van der Waals surface area contributed by atoms with Crippen molar-refractivity contribution in [2.24, 2.45) is 0 Å². The van der Waals surface area contributed by atoms with Crippen LogP contribution in [-0.4, -0.2) is 21.8 Å². The fourth-order valence-electron chi connectivity index (χ4n) is 1.65. The Hall–Kier alpha value is 0.290. The number of rotatable bonds is 1. The topological polar surface area (TPSA) is 29.1 Å². The summed E-state index contributed by atoms with van der Waals surface area (Å²) >= 11 is 5.16. The standard InChI is InChI=1S/C9H12BrNOS2/c1-6-4-14(12)5-7(11-6)8-2-3-9(10)13-8/h2-3,6-7,11H,4-5H2,1H3. The van der Waals surface area contributed by atoms with Crippen molar-refractivity contribution in [1.82, 2.24) is 5.32 Å². The van der Waals surface area contributed by atoms with Gasteiger partial charge in [0.05, 0.1) is 9.83 Å². The van der Waals surface area contributed by atoms with Gasteiger partial charge in [-0.1, -0.05) is 0 Å². The van der Waals surface area contributed by atoms with Crippen molar-refractivity contribution in [3.8, 4) is 0 Å². The normalized spacial score (nSPS) is 33.1. The van der Waals surface area contributed by atoms with E-state index >= 15 is 0 Å². The molecule has 2 rings (SSSR count). The molecule has 3 unspecified atom stereocenters. The second-order valence-electron chi connectivity index (χ2n) is 3.54. The van der Waals surface area contributed by atoms with E-state index in [4.69, 9.17) is 0 Å². The molecule has 1 saturated heterocycles. The van der Waals surface area contributed by atoms with E-state index in [1.165, 1.54) is 4.88 Å². The molecule has 0 aromatic carbocycles. The van der Waals surface area contributed by atoms with Gasteiger partial charge in [0.25, 0.3) is 0 Å². The van der Waals surface area contributed by atoms with Gasteiger partial charge in [0.2, 0.25) is 0 Å². The maximum Gasteiger partial charge on any atom is 0.0701 e. The van der Waals surface area contributed by atoms with E-state index in [2.05, 4.69) is 34.2 Å². The van der Waals surface area contributed by atoms with Crippen molar-refractivity contribution in [2.75, 3.05) is 11.5 Å². The molecule has 2 nitrogen and oxygen atoms in total. The third-order valence-corrected chi connectivity index (χ3v) is 5.53. The third kappa shape index (κ3) is 2.45. The lowest BCUT2D eigenvalue weighted by Gasteiger charge is -2.27. The van der Waals surface area contributed by atoms with Gasteiger partial charge < -0.3 is 5.32 Å². The molecule has 14 heavy (non-hydrogen) atoms. The van der Waals surface area contributed by atoms with Gasteiger partial charge in [-0.25, -0.2) is 0 Å². The van der Waals surface area contributed by atoms with Crippen LogP contribution in [0.1, 0.15) is 17.8 Å². The van der Waals surface area contributed by atoms with Gasteiger partial charge in [0.15, 0.2) is 0 Å². The molecule has 1 N–H and O–H groups in total. The molecule has 0 spiro atoms. The minimum Gasteiger partial charge on any atom is -0.305 e. The van der Waals surface area contributed by atoms with Gasteiger partial charge in [-0.05, 0) is 35.0 Å². The molecule has 1 fully saturated rings. The summed E-state index contributed by atoms with van der Waals surface area (Å²) in [5.74, 6) is 1.53. The zero-order chi connectivity index (χ0) is 10.1. The minimum atomic E-state index is -0.663. The number of hydrogen-bond acceptors (Lipinski definition) is 3. The number of nitrogens with one attached hydrogen (secondary N) is 1. The summed E-state index contributed by atoms with van der Waals surface area (Å²) in [6.07, 6.45) is 0. The first-order chi connectivity index (χ1) is 6.65. The Bertz CT molecular complexity index is 352. The van der Waals surface area contributed by atoms with Crippen molar-refractivity contribution in [2.45, 2.75) is 19.0 Å². The van der Waals surface area contributed by atoms with E-state index in [0.717, 1.165) is 15.3 Å². The van der Waals surface area contributed by atoms with Gasteiger partial charge >= 0.3 is 0 Å². The van der Waals surface area contributed by atoms with E-state index in [1.807, 2.05) is 6.07 Å². The average molecular weight is 294 g/mol. The summed E-state index contributed by atoms with van der Waals surface area (Å²) in [4.78, 5) is 1.27. The van der Waals surface area contributed by atoms with Gasteiger partial charge in [-0.2, -0.15) is 0 Å². The summed E-state index contributed by atoms with van der Waals surface area (Å²) in [7, 11) is -0.663. The molecule has 0 amide bonds. The molecule has 0 radical (unpaired) electrons. The fourth-order valence-corrected chi connectivity index (χ4v) is 4.68. The highest BCUT2D eigenvalue weighted by Gasteiger charge is 2.24. The van der Waals surface area contributed by atoms with Crippen LogP contribution in [0, 0.1) is 0 Å². The largest absolute Gasteiger partial charge is 0.305 e. The Kier molecular flexibility index (Phi) is 3.42. The lowest BCUT2D eigenvalue weighted by Crippen LogP contribution is -2.42. The molecule has 0 aliphatic carbocycles. The molecule has 3 atom stereocenters. The van der Waals surface area contributed by atoms with Crippen LogP contribution in [0.2, 0.25) is 0 Å². The maximum atomic E-state index is 11.5. The lowest BCUT2D eigenvalue weighted by atomic mass is 10.2. The molecule has 1 aromatic heterocycles. The predicted molar refractivity (Wildman–Crippen MR) is 65.2 cm³/mol. The van der Waals surface area contributed by atoms with Crippen LogP contribution in [-0.2, 0) is 10.8 Å². The first-order valence-corrected chi connectivity index (χ1v) is 7.61. The molecule has 0 bridgehead atoms. The summed E-state index contributed by atoms with van der Waals surface area (Å²) in [5, 5.41) is 3.47. The number of halogens is 1. The first kappa shape index (κ1) is 10.8. The quantitative estimate of drug-likeness (QED) is 0.861. The number of hydrogen-bond donors (Lipinski definition) is 1. The fraction of sp³-hybridized carbons (Fsp3) is 0.556. The van der Waals surface area contributed by atoms with Crippen LogP contribution >= 0.6 is 27.3 Å². The molecule has 1 aliphatic rings. The van der Waals surface area contributed by atoms with Crippen molar-refractivity contribution >= 4 is 38.1 Å². The zero-order valence-corrected chi connectivity index (χ0v) is 11.0. The van der Waals surface area contributed by atoms with Crippen LogP contribution < -0.4 is 5.32 Å². The van der Waals surface area contributed by atoms with E-state index in [-0.39, 0.29) is 6.04 Å². The van der Waals surface area contributed by atoms with Crippen molar-refractivity contribution < 1.29 is 4.21 Å². The van der Waals surface area contributed by atoms with Crippen molar-refractivity contribution in [3.05, 3.63) is 20.8 Å². The van der Waals surface area contributed by atoms with E-state index in [1.54, 1.807) is 11.3 Å². The van der Waals surface area contributed by atoms with Gasteiger partial charge in [-0.3, -0.25) is 4.21 Å². The van der Waals surface area contributed by atoms with Gasteiger partial charge in [0.1, 0.15) is 0 Å². The van der Waals surface area contributed by atoms with Gasteiger partial charge in [0, 0.05) is 33.2 Å². The molecule has 1 aromatic rings. The average Bonchev–Trinajstić information content (AvgIpc) is 2.50. The van der Waals surface area contributed by atoms with Gasteiger partial charge in [-0.15, -0.1) is 11.3 Å². The van der Waals surface area contributed by atoms with Crippen LogP contribution in [0.25, 0.3) is 0 Å². The highest BCUT2D eigenvalue weighted by molar-refractivity contribution is 9.11. The summed E-state index contributed by atoms with van der Waals surface area (Å²) in [6, 6.07) is 4.78. The predicted octanol–water partition coefficient (Wildman–Crippen LogP) is 2.29. The monoisotopic (exact) mass is 293 g/mol. The Morgan fingerprint density at radius 2 is 2.36 bits per heavy atom. The van der Waals surface area contributed by atoms with Crippen LogP contribution in [0.3, 0.4) is 0 Å². The molecular weight excluding hydrogens is 282 g/mol. The second-order valence-corrected chi connectivity index (χ2v) is 7.58. The maximum absolute atomic E-state index is 11.5. The van der Waals surface area contributed by atoms with E-state index in [0.29, 0.717) is 6.04 Å². The smallest absolute Gasteiger partial charge is 0.0701 e. The Balaban J connectivity index is 2.14. The van der Waals surface area contributed by atoms with E-state index < -0.39 is 10.8 Å². The Labute approximate surface area is 98.7 Å². The SMILES string of the molecule is CC1CS(=O)CC(c2ccc(Br)s2)N1. The molecular formula is C9H12BrNOS2. The molecule has 0 saturated carbocycles. The lowest BCUT2D eigenvalue weighted by molar-refractivity contribution is 0.495. The molecule has 1 aliphatic heterocycles. The molecule has 78 valence electrons. The van der Waals surface area contributed by atoms with Crippen LogP contribution in [0.4, 0.5) is 0 Å². The Morgan fingerprint density at radius 3 is 2.93 bits per heavy atom. The Morgan fingerprint density at radius 1 is 1.57 bits per heavy atom. The summed E-state index contributed by atoms with van der Waals surface area (Å²) < 4.78 is 12.7. The molecule has 5 heteroatoms. The van der Waals surface area contributed by atoms with Crippen molar-refractivity contribution in [3.63, 3.8) is 0 Å². The third-order valence-electron chi connectivity index (χ3n) is 2.21. The first-order valence-electron chi connectivity index (χ1n) is 4.51. The van der Waals surface area contributed by atoms with E-state index in [9.17, 15) is 4.21 Å². The number of thiophene rings is 1.